The molecule has 21 heavy (non-hydrogen) atoms. The van der Waals surface area contributed by atoms with Gasteiger partial charge in [-0.2, -0.15) is 5.10 Å². The minimum absolute atomic E-state index is 0.162. The van der Waals surface area contributed by atoms with Gasteiger partial charge in [-0.15, -0.1) is 0 Å². The fourth-order valence-electron chi connectivity index (χ4n) is 2.38. The summed E-state index contributed by atoms with van der Waals surface area (Å²) in [6.45, 7) is 4.21. The number of hydrogen-bond donors (Lipinski definition) is 1. The molecule has 0 atom stereocenters. The van der Waals surface area contributed by atoms with E-state index in [-0.39, 0.29) is 4.90 Å². The zero-order chi connectivity index (χ0) is 15.6. The van der Waals surface area contributed by atoms with Gasteiger partial charge in [0.1, 0.15) is 4.90 Å². The van der Waals surface area contributed by atoms with Gasteiger partial charge in [0, 0.05) is 5.02 Å². The maximum atomic E-state index is 11.8. The molecule has 114 valence electrons. The summed E-state index contributed by atoms with van der Waals surface area (Å²) in [5.41, 5.74) is 2.11. The third-order valence-corrected chi connectivity index (χ3v) is 4.53. The minimum atomic E-state index is -3.78. The molecule has 0 fully saturated rings. The van der Waals surface area contributed by atoms with E-state index in [0.29, 0.717) is 35.8 Å². The highest BCUT2D eigenvalue weighted by molar-refractivity contribution is 7.89. The summed E-state index contributed by atoms with van der Waals surface area (Å²) in [7, 11) is -3.78. The highest BCUT2D eigenvalue weighted by Gasteiger charge is 2.24. The average Bonchev–Trinajstić information content (AvgIpc) is 2.76. The molecule has 1 aromatic heterocycles. The molecule has 0 saturated carbocycles. The number of nitrogens with zero attached hydrogens (tertiary/aromatic N) is 2. The third kappa shape index (κ3) is 3.45. The van der Waals surface area contributed by atoms with E-state index in [2.05, 4.69) is 5.10 Å². The van der Waals surface area contributed by atoms with Crippen LogP contribution >= 0.6 is 11.6 Å². The first kappa shape index (κ1) is 16.0. The van der Waals surface area contributed by atoms with Crippen molar-refractivity contribution in [1.82, 2.24) is 9.78 Å². The van der Waals surface area contributed by atoms with Crippen LogP contribution in [0.3, 0.4) is 0 Å². The molecule has 5 nitrogen and oxygen atoms in total. The molecule has 0 radical (unpaired) electrons. The molecule has 2 N–H and O–H groups in total. The molecule has 0 aliphatic carbocycles. The number of aromatic nitrogens is 2. The summed E-state index contributed by atoms with van der Waals surface area (Å²) < 4.78 is 25.3. The van der Waals surface area contributed by atoms with Crippen molar-refractivity contribution < 1.29 is 8.42 Å². The molecule has 2 rings (SSSR count). The van der Waals surface area contributed by atoms with Crippen LogP contribution < -0.4 is 5.14 Å². The summed E-state index contributed by atoms with van der Waals surface area (Å²) in [4.78, 5) is 0.162. The summed E-state index contributed by atoms with van der Waals surface area (Å²) in [6, 6.07) is 7.41. The van der Waals surface area contributed by atoms with Crippen molar-refractivity contribution in [2.45, 2.75) is 38.1 Å². The number of rotatable bonds is 5. The molecule has 1 heterocycles. The van der Waals surface area contributed by atoms with Gasteiger partial charge in [-0.1, -0.05) is 37.6 Å². The van der Waals surface area contributed by atoms with E-state index in [1.807, 2.05) is 32.0 Å². The summed E-state index contributed by atoms with van der Waals surface area (Å²) in [5.74, 6) is 0. The first-order valence-electron chi connectivity index (χ1n) is 6.72. The average molecular weight is 328 g/mol. The second-order valence-electron chi connectivity index (χ2n) is 4.76. The Bertz CT molecular complexity index is 754. The number of sulfonamides is 1. The van der Waals surface area contributed by atoms with E-state index in [1.165, 1.54) is 0 Å². The fourth-order valence-corrected chi connectivity index (χ4v) is 3.68. The lowest BCUT2D eigenvalue weighted by Crippen LogP contribution is -2.16. The third-order valence-electron chi connectivity index (χ3n) is 3.25. The maximum Gasteiger partial charge on any atom is 0.241 e. The van der Waals surface area contributed by atoms with Crippen LogP contribution in [0.15, 0.2) is 29.2 Å². The van der Waals surface area contributed by atoms with Gasteiger partial charge in [-0.05, 0) is 30.5 Å². The molecular formula is C14H18ClN3O2S. The summed E-state index contributed by atoms with van der Waals surface area (Å²) in [6.07, 6.45) is 1.06. The zero-order valence-electron chi connectivity index (χ0n) is 12.0. The summed E-state index contributed by atoms with van der Waals surface area (Å²) >= 11 is 5.98. The minimum Gasteiger partial charge on any atom is -0.263 e. The first-order chi connectivity index (χ1) is 9.86. The molecule has 0 bridgehead atoms. The van der Waals surface area contributed by atoms with Gasteiger partial charge in [0.05, 0.1) is 17.9 Å². The van der Waals surface area contributed by atoms with Crippen LogP contribution in [0.2, 0.25) is 5.02 Å². The van der Waals surface area contributed by atoms with Crippen molar-refractivity contribution >= 4 is 21.6 Å². The van der Waals surface area contributed by atoms with Gasteiger partial charge >= 0.3 is 0 Å². The van der Waals surface area contributed by atoms with E-state index < -0.39 is 10.0 Å². The largest absolute Gasteiger partial charge is 0.263 e. The van der Waals surface area contributed by atoms with Crippen molar-refractivity contribution in [3.63, 3.8) is 0 Å². The van der Waals surface area contributed by atoms with E-state index in [1.54, 1.807) is 10.7 Å². The molecule has 0 aliphatic rings. The van der Waals surface area contributed by atoms with Gasteiger partial charge < -0.3 is 0 Å². The lowest BCUT2D eigenvalue weighted by Gasteiger charge is -2.07. The predicted octanol–water partition coefficient (Wildman–Crippen LogP) is 2.36. The lowest BCUT2D eigenvalue weighted by atomic mass is 10.2. The van der Waals surface area contributed by atoms with Crippen LogP contribution in [0.4, 0.5) is 0 Å². The van der Waals surface area contributed by atoms with Crippen LogP contribution in [-0.2, 0) is 29.4 Å². The standard InChI is InChI=1S/C14H18ClN3O2S/c1-3-12-14(21(16,19)20)13(4-2)18(17-12)9-10-6-5-7-11(15)8-10/h5-8H,3-4,9H2,1-2H3,(H2,16,19,20). The number of aryl methyl sites for hydroxylation is 1. The molecule has 7 heteroatoms. The monoisotopic (exact) mass is 327 g/mol. The van der Waals surface area contributed by atoms with Gasteiger partial charge in [0.25, 0.3) is 0 Å². The molecule has 0 aliphatic heterocycles. The normalized spacial score (nSPS) is 11.8. The Morgan fingerprint density at radius 1 is 1.29 bits per heavy atom. The number of nitrogens with two attached hydrogens (primary N) is 1. The Balaban J connectivity index is 2.52. The van der Waals surface area contributed by atoms with Gasteiger partial charge in [0.2, 0.25) is 10.0 Å². The second kappa shape index (κ2) is 6.17. The summed E-state index contributed by atoms with van der Waals surface area (Å²) in [5, 5.41) is 10.4. The van der Waals surface area contributed by atoms with E-state index in [9.17, 15) is 8.42 Å². The number of hydrogen-bond acceptors (Lipinski definition) is 3. The van der Waals surface area contributed by atoms with Crippen LogP contribution in [0.1, 0.15) is 30.8 Å². The topological polar surface area (TPSA) is 78.0 Å². The van der Waals surface area contributed by atoms with Crippen molar-refractivity contribution in [3.05, 3.63) is 46.2 Å². The van der Waals surface area contributed by atoms with Crippen molar-refractivity contribution in [2.75, 3.05) is 0 Å². The molecule has 1 aromatic carbocycles. The van der Waals surface area contributed by atoms with Crippen LogP contribution in [0.25, 0.3) is 0 Å². The highest BCUT2D eigenvalue weighted by Crippen LogP contribution is 2.22. The predicted molar refractivity (Wildman–Crippen MR) is 82.9 cm³/mol. The highest BCUT2D eigenvalue weighted by atomic mass is 35.5. The first-order valence-corrected chi connectivity index (χ1v) is 8.65. The second-order valence-corrected chi connectivity index (χ2v) is 6.70. The number of halogens is 1. The van der Waals surface area contributed by atoms with Crippen molar-refractivity contribution in [2.24, 2.45) is 5.14 Å². The fraction of sp³-hybridized carbons (Fsp3) is 0.357. The van der Waals surface area contributed by atoms with Crippen LogP contribution in [0.5, 0.6) is 0 Å². The van der Waals surface area contributed by atoms with E-state index in [4.69, 9.17) is 16.7 Å². The molecule has 0 unspecified atom stereocenters. The van der Waals surface area contributed by atoms with E-state index >= 15 is 0 Å². The number of primary sulfonamides is 1. The Kier molecular flexibility index (Phi) is 4.70. The van der Waals surface area contributed by atoms with Crippen LogP contribution in [-0.4, -0.2) is 18.2 Å². The lowest BCUT2D eigenvalue weighted by molar-refractivity contribution is 0.594. The molecular weight excluding hydrogens is 310 g/mol. The Hall–Kier alpha value is -1.37. The van der Waals surface area contributed by atoms with Crippen LogP contribution in [0, 0.1) is 0 Å². The smallest absolute Gasteiger partial charge is 0.241 e. The maximum absolute atomic E-state index is 11.8. The van der Waals surface area contributed by atoms with E-state index in [0.717, 1.165) is 5.56 Å². The Morgan fingerprint density at radius 2 is 2.00 bits per heavy atom. The zero-order valence-corrected chi connectivity index (χ0v) is 13.6. The van der Waals surface area contributed by atoms with Crippen molar-refractivity contribution in [3.8, 4) is 0 Å². The Labute approximate surface area is 129 Å². The molecule has 0 amide bonds. The quantitative estimate of drug-likeness (QED) is 0.915. The SMILES string of the molecule is CCc1nn(Cc2cccc(Cl)c2)c(CC)c1S(N)(=O)=O. The van der Waals surface area contributed by atoms with Gasteiger partial charge in [0.15, 0.2) is 0 Å². The van der Waals surface area contributed by atoms with Gasteiger partial charge in [-0.25, -0.2) is 13.6 Å². The van der Waals surface area contributed by atoms with Gasteiger partial charge in [-0.3, -0.25) is 4.68 Å². The van der Waals surface area contributed by atoms with Crippen molar-refractivity contribution in [1.29, 1.82) is 0 Å². The molecule has 2 aromatic rings. The number of benzene rings is 1. The Morgan fingerprint density at radius 3 is 2.52 bits per heavy atom. The molecule has 0 spiro atoms. The molecule has 0 saturated heterocycles.